The van der Waals surface area contributed by atoms with Gasteiger partial charge in [-0.15, -0.1) is 0 Å². The van der Waals surface area contributed by atoms with Crippen molar-refractivity contribution in [2.75, 3.05) is 49.2 Å². The Morgan fingerprint density at radius 1 is 0.446 bits per heavy atom. The number of hydrogen-bond donors (Lipinski definition) is 0. The quantitative estimate of drug-likeness (QED) is 0.228. The molecule has 12 nitrogen and oxygen atoms in total. The predicted molar refractivity (Wildman–Crippen MR) is 221 cm³/mol. The third-order valence-electron chi connectivity index (χ3n) is 10.1. The summed E-state index contributed by atoms with van der Waals surface area (Å²) in [5, 5.41) is 0. The number of rotatable bonds is 5. The normalized spacial score (nSPS) is 29.3. The van der Waals surface area contributed by atoms with Crippen molar-refractivity contribution < 1.29 is 47.7 Å². The molecule has 0 N–H and O–H groups in total. The second-order valence-corrected chi connectivity index (χ2v) is 23.2. The zero-order chi connectivity index (χ0) is 42.8. The van der Waals surface area contributed by atoms with E-state index >= 15 is 0 Å². The van der Waals surface area contributed by atoms with Crippen LogP contribution in [-0.4, -0.2) is 131 Å². The van der Waals surface area contributed by atoms with Gasteiger partial charge in [0.05, 0.1) is 39.2 Å². The largest absolute Gasteiger partial charge is 0.458 e. The second-order valence-electron chi connectivity index (χ2n) is 20.9. The highest BCUT2D eigenvalue weighted by Gasteiger charge is 2.53. The van der Waals surface area contributed by atoms with Gasteiger partial charge < -0.3 is 23.7 Å². The number of piperidine rings is 2. The number of carbonyl (C=O) groups excluding carboxylic acids is 5. The van der Waals surface area contributed by atoms with Gasteiger partial charge >= 0.3 is 29.8 Å². The van der Waals surface area contributed by atoms with E-state index in [-0.39, 0.29) is 41.9 Å². The van der Waals surface area contributed by atoms with E-state index in [9.17, 15) is 24.0 Å². The van der Waals surface area contributed by atoms with Crippen LogP contribution in [0, 0.1) is 33.0 Å². The van der Waals surface area contributed by atoms with E-state index in [1.807, 2.05) is 53.3 Å². The van der Waals surface area contributed by atoms with Gasteiger partial charge in [0.1, 0.15) is 6.10 Å². The number of thioether (sulfide) groups is 2. The SMILES string of the molecule is CC(C)(C)C(=O)O[C@H]1[C@H](OC(=O)C(C)(C)C)[C@@H]2CSCCN2C[C@H]1OC(=O)C(C)(C)C.C[C@H]1CN2CCSC[C@H]2[C@H](OC(=O)C(C)(C)C)[C@@H]1OC(=O)C(C)(C)C. The predicted octanol–water partition coefficient (Wildman–Crippen LogP) is 6.26. The van der Waals surface area contributed by atoms with Crippen molar-refractivity contribution in [3.8, 4) is 0 Å². The van der Waals surface area contributed by atoms with E-state index in [1.165, 1.54) is 0 Å². The topological polar surface area (TPSA) is 138 Å². The second kappa shape index (κ2) is 18.5. The van der Waals surface area contributed by atoms with Crippen LogP contribution >= 0.6 is 23.5 Å². The average molecular weight is 829 g/mol. The minimum atomic E-state index is -0.857. The molecular formula is C42H72N2O10S2. The Hall–Kier alpha value is -2.03. The summed E-state index contributed by atoms with van der Waals surface area (Å²) >= 11 is 3.66. The number of fused-ring (bicyclic) bond motifs is 2. The van der Waals surface area contributed by atoms with E-state index < -0.39 is 63.6 Å². The summed E-state index contributed by atoms with van der Waals surface area (Å²) in [5.41, 5.74) is -3.30. The highest BCUT2D eigenvalue weighted by Crippen LogP contribution is 2.37. The van der Waals surface area contributed by atoms with Crippen LogP contribution in [0.4, 0.5) is 0 Å². The van der Waals surface area contributed by atoms with Gasteiger partial charge in [0, 0.05) is 55.1 Å². The molecule has 0 unspecified atom stereocenters. The van der Waals surface area contributed by atoms with Crippen molar-refractivity contribution in [1.82, 2.24) is 9.80 Å². The van der Waals surface area contributed by atoms with Crippen molar-refractivity contribution in [3.05, 3.63) is 0 Å². The number of hydrogen-bond acceptors (Lipinski definition) is 14. The van der Waals surface area contributed by atoms with E-state index in [1.54, 1.807) is 74.1 Å². The molecule has 4 saturated heterocycles. The summed E-state index contributed by atoms with van der Waals surface area (Å²) in [6, 6.07) is 0.00595. The highest BCUT2D eigenvalue weighted by atomic mass is 32.2. The van der Waals surface area contributed by atoms with Crippen molar-refractivity contribution in [2.24, 2.45) is 33.0 Å². The third kappa shape index (κ3) is 13.0. The van der Waals surface area contributed by atoms with Crippen LogP contribution in [0.2, 0.25) is 0 Å². The summed E-state index contributed by atoms with van der Waals surface area (Å²) in [6.07, 6.45) is -3.08. The van der Waals surface area contributed by atoms with Crippen molar-refractivity contribution >= 4 is 53.4 Å². The number of nitrogens with zero attached hydrogens (tertiary/aromatic N) is 2. The summed E-state index contributed by atoms with van der Waals surface area (Å²) in [5.74, 6) is 2.19. The van der Waals surface area contributed by atoms with Crippen molar-refractivity contribution in [2.45, 2.75) is 153 Å². The van der Waals surface area contributed by atoms with Crippen LogP contribution in [0.5, 0.6) is 0 Å². The molecule has 4 aliphatic heterocycles. The Labute approximate surface area is 345 Å². The molecule has 14 heteroatoms. The molecule has 4 rings (SSSR count). The van der Waals surface area contributed by atoms with Crippen LogP contribution < -0.4 is 0 Å². The van der Waals surface area contributed by atoms with Gasteiger partial charge in [0.25, 0.3) is 0 Å². The van der Waals surface area contributed by atoms with Crippen molar-refractivity contribution in [1.29, 1.82) is 0 Å². The lowest BCUT2D eigenvalue weighted by Gasteiger charge is -2.49. The molecule has 0 saturated carbocycles. The molecule has 8 atom stereocenters. The first kappa shape index (κ1) is 48.3. The summed E-state index contributed by atoms with van der Waals surface area (Å²) in [6.45, 7) is 32.3. The Bertz CT molecular complexity index is 1400. The van der Waals surface area contributed by atoms with Gasteiger partial charge in [-0.05, 0) is 104 Å². The fourth-order valence-corrected chi connectivity index (χ4v) is 8.74. The van der Waals surface area contributed by atoms with Gasteiger partial charge in [-0.3, -0.25) is 33.8 Å². The summed E-state index contributed by atoms with van der Waals surface area (Å²) in [7, 11) is 0. The zero-order valence-electron chi connectivity index (χ0n) is 37.1. The molecule has 0 bridgehead atoms. The average Bonchev–Trinajstić information content (AvgIpc) is 3.05. The van der Waals surface area contributed by atoms with Crippen LogP contribution in [0.3, 0.4) is 0 Å². The van der Waals surface area contributed by atoms with Gasteiger partial charge in [-0.25, -0.2) is 0 Å². The van der Waals surface area contributed by atoms with Crippen LogP contribution in [-0.2, 0) is 47.7 Å². The van der Waals surface area contributed by atoms with E-state index in [0.29, 0.717) is 6.54 Å². The standard InChI is InChI=1S/C23H39NO6S.C19H33NO4S/c1-21(2,3)18(25)28-15-12-24-10-11-31-13-14(24)16(29-19(26)22(4,5)6)17(15)30-20(27)23(7,8)9;1-12-10-20-8-9-25-11-13(20)15(24-17(22)19(5,6)7)14(12)23-16(21)18(2,3)4/h14-17H,10-13H2,1-9H3;12-15H,8-11H2,1-7H3/t14-,15+,16+,17+;12-,13-,14+,15-/m00/s1. The first-order valence-electron chi connectivity index (χ1n) is 20.1. The molecule has 56 heavy (non-hydrogen) atoms. The maximum absolute atomic E-state index is 12.8. The first-order valence-corrected chi connectivity index (χ1v) is 22.4. The number of ether oxygens (including phenoxy) is 5. The minimum Gasteiger partial charge on any atom is -0.458 e. The fraction of sp³-hybridized carbons (Fsp3) is 0.881. The van der Waals surface area contributed by atoms with E-state index in [0.717, 1.165) is 42.6 Å². The Morgan fingerprint density at radius 2 is 0.750 bits per heavy atom. The Morgan fingerprint density at radius 3 is 1.12 bits per heavy atom. The lowest BCUT2D eigenvalue weighted by Crippen LogP contribution is -2.67. The molecule has 0 aliphatic carbocycles. The maximum atomic E-state index is 12.8. The third-order valence-corrected chi connectivity index (χ3v) is 12.2. The number of esters is 5. The van der Waals surface area contributed by atoms with Gasteiger partial charge in [-0.2, -0.15) is 23.5 Å². The molecule has 0 aromatic rings. The molecule has 4 fully saturated rings. The van der Waals surface area contributed by atoms with E-state index in [2.05, 4.69) is 16.7 Å². The monoisotopic (exact) mass is 828 g/mol. The summed E-state index contributed by atoms with van der Waals surface area (Å²) < 4.78 is 29.6. The smallest absolute Gasteiger partial charge is 0.311 e. The number of carbonyl (C=O) groups is 5. The molecule has 322 valence electrons. The van der Waals surface area contributed by atoms with E-state index in [4.69, 9.17) is 23.7 Å². The van der Waals surface area contributed by atoms with Gasteiger partial charge in [0.15, 0.2) is 24.4 Å². The van der Waals surface area contributed by atoms with Crippen LogP contribution in [0.1, 0.15) is 111 Å². The lowest BCUT2D eigenvalue weighted by molar-refractivity contribution is -0.213. The Kier molecular flexibility index (Phi) is 16.0. The van der Waals surface area contributed by atoms with Gasteiger partial charge in [-0.1, -0.05) is 6.92 Å². The minimum absolute atomic E-state index is 0.104. The lowest BCUT2D eigenvalue weighted by atomic mass is 9.87. The highest BCUT2D eigenvalue weighted by molar-refractivity contribution is 7.99. The van der Waals surface area contributed by atoms with Crippen molar-refractivity contribution in [3.63, 3.8) is 0 Å². The van der Waals surface area contributed by atoms with Gasteiger partial charge in [0.2, 0.25) is 0 Å². The molecule has 0 aromatic heterocycles. The molecule has 4 heterocycles. The molecule has 0 radical (unpaired) electrons. The molecule has 0 aromatic carbocycles. The summed E-state index contributed by atoms with van der Waals surface area (Å²) in [4.78, 5) is 68.0. The zero-order valence-corrected chi connectivity index (χ0v) is 38.7. The first-order chi connectivity index (χ1) is 25.4. The fourth-order valence-electron chi connectivity index (χ4n) is 6.39. The molecule has 4 aliphatic rings. The van der Waals surface area contributed by atoms with Crippen LogP contribution in [0.25, 0.3) is 0 Å². The molecule has 0 spiro atoms. The maximum Gasteiger partial charge on any atom is 0.311 e. The van der Waals surface area contributed by atoms with Crippen LogP contribution in [0.15, 0.2) is 0 Å². The Balaban J connectivity index is 0.000000307. The molecular weight excluding hydrogens is 757 g/mol. The molecule has 0 amide bonds.